The summed E-state index contributed by atoms with van der Waals surface area (Å²) in [6.07, 6.45) is 0.263. The van der Waals surface area contributed by atoms with Crippen molar-refractivity contribution >= 4 is 38.4 Å². The molecule has 2 rings (SSSR count). The van der Waals surface area contributed by atoms with E-state index in [0.29, 0.717) is 9.92 Å². The Balaban J connectivity index is 2.27. The van der Waals surface area contributed by atoms with E-state index in [1.54, 1.807) is 0 Å². The van der Waals surface area contributed by atoms with Gasteiger partial charge in [-0.1, -0.05) is 11.6 Å². The quantitative estimate of drug-likeness (QED) is 0.517. The van der Waals surface area contributed by atoms with Crippen molar-refractivity contribution in [3.8, 4) is 0 Å². The van der Waals surface area contributed by atoms with Crippen molar-refractivity contribution in [3.05, 3.63) is 59.1 Å². The van der Waals surface area contributed by atoms with Crippen molar-refractivity contribution in [3.63, 3.8) is 0 Å². The molecule has 0 aliphatic heterocycles. The zero-order valence-electron chi connectivity index (χ0n) is 13.4. The SMILES string of the molecule is O=S(c1ccc(Cl)cc1)N(CCCCS(=O)(=O)O)c1cc(F)ccc1F. The molecule has 142 valence electrons. The minimum atomic E-state index is -4.12. The van der Waals surface area contributed by atoms with Gasteiger partial charge < -0.3 is 0 Å². The fourth-order valence-corrected chi connectivity index (χ4v) is 4.12. The molecule has 0 aliphatic carbocycles. The standard InChI is InChI=1S/C16H16ClF2NO4S2/c17-12-3-6-14(7-4-12)25(21)20(9-1-2-10-26(22,23)24)16-11-13(18)5-8-15(16)19/h3-8,11H,1-2,9-10H2,(H,22,23,24). The predicted molar refractivity (Wildman–Crippen MR) is 97.2 cm³/mol. The van der Waals surface area contributed by atoms with E-state index in [0.717, 1.165) is 22.5 Å². The number of nitrogens with zero attached hydrogens (tertiary/aromatic N) is 1. The summed E-state index contributed by atoms with van der Waals surface area (Å²) in [6, 6.07) is 8.84. The third kappa shape index (κ3) is 6.01. The first kappa shape index (κ1) is 20.8. The Morgan fingerprint density at radius 3 is 2.35 bits per heavy atom. The van der Waals surface area contributed by atoms with Crippen LogP contribution in [0.1, 0.15) is 12.8 Å². The normalized spacial score (nSPS) is 12.8. The lowest BCUT2D eigenvalue weighted by Gasteiger charge is -2.24. The van der Waals surface area contributed by atoms with E-state index in [1.807, 2.05) is 0 Å². The Kier molecular flexibility index (Phi) is 7.10. The van der Waals surface area contributed by atoms with E-state index in [9.17, 15) is 21.4 Å². The molecule has 26 heavy (non-hydrogen) atoms. The van der Waals surface area contributed by atoms with Gasteiger partial charge in [-0.2, -0.15) is 8.42 Å². The van der Waals surface area contributed by atoms with Gasteiger partial charge in [-0.15, -0.1) is 0 Å². The van der Waals surface area contributed by atoms with Crippen LogP contribution in [0.5, 0.6) is 0 Å². The summed E-state index contributed by atoms with van der Waals surface area (Å²) in [7, 11) is -5.99. The van der Waals surface area contributed by atoms with Gasteiger partial charge in [-0.25, -0.2) is 13.0 Å². The topological polar surface area (TPSA) is 74.7 Å². The molecule has 0 saturated carbocycles. The highest BCUT2D eigenvalue weighted by Crippen LogP contribution is 2.26. The Morgan fingerprint density at radius 1 is 1.08 bits per heavy atom. The van der Waals surface area contributed by atoms with Crippen molar-refractivity contribution in [2.75, 3.05) is 16.6 Å². The Bertz CT molecular complexity index is 892. The second-order valence-corrected chi connectivity index (χ2v) is 8.81. The van der Waals surface area contributed by atoms with Crippen LogP contribution in [0.3, 0.4) is 0 Å². The summed E-state index contributed by atoms with van der Waals surface area (Å²) in [5.74, 6) is -1.93. The van der Waals surface area contributed by atoms with Gasteiger partial charge in [0.15, 0.2) is 11.0 Å². The summed E-state index contributed by atoms with van der Waals surface area (Å²) in [5, 5.41) is 0.433. The van der Waals surface area contributed by atoms with Gasteiger partial charge in [0.05, 0.1) is 16.3 Å². The van der Waals surface area contributed by atoms with Crippen LogP contribution in [0, 0.1) is 11.6 Å². The van der Waals surface area contributed by atoms with Crippen molar-refractivity contribution in [2.45, 2.75) is 17.7 Å². The summed E-state index contributed by atoms with van der Waals surface area (Å²) in [6.45, 7) is -0.00880. The van der Waals surface area contributed by atoms with E-state index in [-0.39, 0.29) is 25.1 Å². The number of anilines is 1. The molecule has 5 nitrogen and oxygen atoms in total. The van der Waals surface area contributed by atoms with E-state index >= 15 is 0 Å². The molecule has 0 fully saturated rings. The van der Waals surface area contributed by atoms with Crippen LogP contribution in [0.4, 0.5) is 14.5 Å². The van der Waals surface area contributed by atoms with Crippen LogP contribution >= 0.6 is 11.6 Å². The molecule has 0 amide bonds. The lowest BCUT2D eigenvalue weighted by atomic mass is 10.2. The van der Waals surface area contributed by atoms with Crippen LogP contribution in [0.15, 0.2) is 47.4 Å². The molecule has 0 aromatic heterocycles. The van der Waals surface area contributed by atoms with Gasteiger partial charge in [0.25, 0.3) is 10.1 Å². The van der Waals surface area contributed by atoms with Crippen molar-refractivity contribution in [1.82, 2.24) is 0 Å². The first-order chi connectivity index (χ1) is 12.2. The summed E-state index contributed by atoms with van der Waals surface area (Å²) >= 11 is 5.80. The molecule has 10 heteroatoms. The maximum atomic E-state index is 14.2. The molecular weight excluding hydrogens is 408 g/mol. The van der Waals surface area contributed by atoms with Crippen molar-refractivity contribution in [2.24, 2.45) is 0 Å². The average Bonchev–Trinajstić information content (AvgIpc) is 2.57. The van der Waals surface area contributed by atoms with Crippen LogP contribution in [0.25, 0.3) is 0 Å². The molecule has 2 aromatic carbocycles. The molecule has 0 heterocycles. The smallest absolute Gasteiger partial charge is 0.264 e. The fourth-order valence-electron chi connectivity index (χ4n) is 2.19. The zero-order valence-corrected chi connectivity index (χ0v) is 15.8. The second kappa shape index (κ2) is 8.90. The summed E-state index contributed by atoms with van der Waals surface area (Å²) in [5.41, 5.74) is -0.204. The van der Waals surface area contributed by atoms with Gasteiger partial charge in [0.1, 0.15) is 11.6 Å². The second-order valence-electron chi connectivity index (χ2n) is 5.39. The molecule has 0 radical (unpaired) electrons. The Morgan fingerprint density at radius 2 is 1.73 bits per heavy atom. The molecule has 0 spiro atoms. The molecule has 2 aromatic rings. The third-order valence-electron chi connectivity index (χ3n) is 3.41. The van der Waals surface area contributed by atoms with Gasteiger partial charge in [-0.3, -0.25) is 8.86 Å². The van der Waals surface area contributed by atoms with E-state index in [2.05, 4.69) is 0 Å². The minimum Gasteiger partial charge on any atom is -0.286 e. The highest BCUT2D eigenvalue weighted by atomic mass is 35.5. The molecule has 0 saturated heterocycles. The van der Waals surface area contributed by atoms with E-state index in [4.69, 9.17) is 16.2 Å². The number of unbranched alkanes of at least 4 members (excludes halogenated alkanes) is 1. The van der Waals surface area contributed by atoms with Gasteiger partial charge >= 0.3 is 0 Å². The lowest BCUT2D eigenvalue weighted by Crippen LogP contribution is -2.28. The summed E-state index contributed by atoms with van der Waals surface area (Å²) < 4.78 is 72.1. The maximum Gasteiger partial charge on any atom is 0.264 e. The summed E-state index contributed by atoms with van der Waals surface area (Å²) in [4.78, 5) is 0.327. The van der Waals surface area contributed by atoms with E-state index in [1.165, 1.54) is 24.3 Å². The number of hydrogen-bond donors (Lipinski definition) is 1. The van der Waals surface area contributed by atoms with Crippen molar-refractivity contribution in [1.29, 1.82) is 0 Å². The van der Waals surface area contributed by atoms with Gasteiger partial charge in [-0.05, 0) is 49.2 Å². The van der Waals surface area contributed by atoms with Gasteiger partial charge in [0, 0.05) is 17.6 Å². The van der Waals surface area contributed by atoms with Crippen LogP contribution in [-0.4, -0.2) is 29.5 Å². The van der Waals surface area contributed by atoms with Crippen LogP contribution in [0.2, 0.25) is 5.02 Å². The van der Waals surface area contributed by atoms with Crippen LogP contribution in [-0.2, 0) is 21.1 Å². The number of hydrogen-bond acceptors (Lipinski definition) is 3. The average molecular weight is 424 g/mol. The maximum absolute atomic E-state index is 14.2. The predicted octanol–water partition coefficient (Wildman–Crippen LogP) is 3.82. The number of benzene rings is 2. The number of halogens is 3. The van der Waals surface area contributed by atoms with Gasteiger partial charge in [0.2, 0.25) is 0 Å². The minimum absolute atomic E-state index is 0.00880. The molecule has 1 N–H and O–H groups in total. The monoisotopic (exact) mass is 423 g/mol. The zero-order chi connectivity index (χ0) is 19.3. The fraction of sp³-hybridized carbons (Fsp3) is 0.250. The van der Waals surface area contributed by atoms with E-state index < -0.39 is 38.5 Å². The highest BCUT2D eigenvalue weighted by Gasteiger charge is 2.20. The lowest BCUT2D eigenvalue weighted by molar-refractivity contribution is 0.480. The molecule has 0 aliphatic rings. The first-order valence-corrected chi connectivity index (χ1v) is 10.6. The first-order valence-electron chi connectivity index (χ1n) is 7.52. The Hall–Kier alpha value is -1.55. The van der Waals surface area contributed by atoms with Crippen LogP contribution < -0.4 is 4.31 Å². The molecule has 0 bridgehead atoms. The highest BCUT2D eigenvalue weighted by molar-refractivity contribution is 7.86. The molecule has 1 atom stereocenters. The molecular formula is C16H16ClF2NO4S2. The molecule has 1 unspecified atom stereocenters. The van der Waals surface area contributed by atoms with Crippen molar-refractivity contribution < 1.29 is 26.0 Å². The number of rotatable bonds is 8. The third-order valence-corrected chi connectivity index (χ3v) is 5.92. The largest absolute Gasteiger partial charge is 0.286 e. The Labute approximate surface area is 157 Å².